The van der Waals surface area contributed by atoms with Crippen molar-refractivity contribution < 1.29 is 13.9 Å². The summed E-state index contributed by atoms with van der Waals surface area (Å²) in [6, 6.07) is 4.28. The summed E-state index contributed by atoms with van der Waals surface area (Å²) in [4.78, 5) is 18.0. The lowest BCUT2D eigenvalue weighted by atomic mass is 9.77. The molecule has 0 radical (unpaired) electrons. The number of hydrogen-bond donors (Lipinski definition) is 0. The molecule has 0 aromatic carbocycles. The van der Waals surface area contributed by atoms with Crippen molar-refractivity contribution in [1.82, 2.24) is 9.80 Å². The van der Waals surface area contributed by atoms with Gasteiger partial charge in [-0.2, -0.15) is 0 Å². The van der Waals surface area contributed by atoms with E-state index >= 15 is 0 Å². The van der Waals surface area contributed by atoms with Crippen LogP contribution in [0.5, 0.6) is 0 Å². The highest BCUT2D eigenvalue weighted by Crippen LogP contribution is 2.41. The molecule has 3 aliphatic heterocycles. The van der Waals surface area contributed by atoms with Gasteiger partial charge in [0, 0.05) is 38.9 Å². The second kappa shape index (κ2) is 7.57. The lowest BCUT2D eigenvalue weighted by molar-refractivity contribution is -0.150. The zero-order chi connectivity index (χ0) is 18.0. The van der Waals surface area contributed by atoms with Crippen molar-refractivity contribution in [1.29, 1.82) is 0 Å². The van der Waals surface area contributed by atoms with Gasteiger partial charge in [0.25, 0.3) is 0 Å². The number of amides is 1. The van der Waals surface area contributed by atoms with E-state index in [-0.39, 0.29) is 5.41 Å². The number of hydrogen-bond acceptors (Lipinski definition) is 4. The Balaban J connectivity index is 1.40. The maximum atomic E-state index is 13.4. The normalized spacial score (nSPS) is 29.0. The standard InChI is InChI=1S/C21H30N2O3/c1-17(14-19-4-2-11-26-19)15-22-10-8-21(16-22)7-3-9-23(20(21)24)18-5-12-25-13-6-18/h2,4,11,14,18H,3,5-10,12-13,15-16H2,1H3/b17-14+/t21-/m1/s1. The Kier molecular flexibility index (Phi) is 5.18. The van der Waals surface area contributed by atoms with Gasteiger partial charge in [0.2, 0.25) is 5.91 Å². The molecule has 0 unspecified atom stereocenters. The zero-order valence-electron chi connectivity index (χ0n) is 15.8. The molecule has 5 nitrogen and oxygen atoms in total. The molecule has 26 heavy (non-hydrogen) atoms. The minimum Gasteiger partial charge on any atom is -0.465 e. The van der Waals surface area contributed by atoms with Gasteiger partial charge in [-0.3, -0.25) is 9.69 Å². The second-order valence-electron chi connectivity index (χ2n) is 8.19. The van der Waals surface area contributed by atoms with E-state index in [9.17, 15) is 4.79 Å². The third-order valence-electron chi connectivity index (χ3n) is 6.24. The fourth-order valence-electron chi connectivity index (χ4n) is 4.93. The molecular formula is C21H30N2O3. The third kappa shape index (κ3) is 3.60. The molecule has 5 heteroatoms. The molecule has 1 aromatic rings. The molecule has 1 spiro atoms. The molecule has 0 aliphatic carbocycles. The predicted octanol–water partition coefficient (Wildman–Crippen LogP) is 3.18. The fourth-order valence-corrected chi connectivity index (χ4v) is 4.93. The first-order chi connectivity index (χ1) is 12.7. The number of rotatable bonds is 4. The maximum absolute atomic E-state index is 13.4. The molecule has 142 valence electrons. The van der Waals surface area contributed by atoms with Gasteiger partial charge in [-0.15, -0.1) is 0 Å². The quantitative estimate of drug-likeness (QED) is 0.829. The van der Waals surface area contributed by atoms with Crippen molar-refractivity contribution in [3.8, 4) is 0 Å². The van der Waals surface area contributed by atoms with Crippen LogP contribution in [-0.4, -0.2) is 61.1 Å². The Morgan fingerprint density at radius 2 is 2.15 bits per heavy atom. The highest BCUT2D eigenvalue weighted by Gasteiger charge is 2.49. The van der Waals surface area contributed by atoms with Gasteiger partial charge in [-0.25, -0.2) is 0 Å². The van der Waals surface area contributed by atoms with E-state index in [1.807, 2.05) is 12.1 Å². The Hall–Kier alpha value is -1.59. The Bertz CT molecular complexity index is 648. The number of carbonyl (C=O) groups is 1. The topological polar surface area (TPSA) is 45.9 Å². The van der Waals surface area contributed by atoms with Crippen LogP contribution in [0.3, 0.4) is 0 Å². The minimum atomic E-state index is -0.151. The van der Waals surface area contributed by atoms with Crippen LogP contribution in [0, 0.1) is 5.41 Å². The summed E-state index contributed by atoms with van der Waals surface area (Å²) >= 11 is 0. The first-order valence-corrected chi connectivity index (χ1v) is 9.98. The maximum Gasteiger partial charge on any atom is 0.230 e. The van der Waals surface area contributed by atoms with E-state index in [2.05, 4.69) is 22.8 Å². The van der Waals surface area contributed by atoms with Crippen LogP contribution < -0.4 is 0 Å². The van der Waals surface area contributed by atoms with E-state index in [0.29, 0.717) is 11.9 Å². The smallest absolute Gasteiger partial charge is 0.230 e. The van der Waals surface area contributed by atoms with E-state index in [1.165, 1.54) is 5.57 Å². The number of carbonyl (C=O) groups excluding carboxylic acids is 1. The van der Waals surface area contributed by atoms with Gasteiger partial charge >= 0.3 is 0 Å². The van der Waals surface area contributed by atoms with E-state index in [4.69, 9.17) is 9.15 Å². The Morgan fingerprint density at radius 3 is 2.92 bits per heavy atom. The number of likely N-dealkylation sites (tertiary alicyclic amines) is 2. The van der Waals surface area contributed by atoms with E-state index in [0.717, 1.165) is 77.3 Å². The van der Waals surface area contributed by atoms with E-state index < -0.39 is 0 Å². The van der Waals surface area contributed by atoms with Crippen LogP contribution in [-0.2, 0) is 9.53 Å². The second-order valence-corrected chi connectivity index (χ2v) is 8.19. The van der Waals surface area contributed by atoms with Gasteiger partial charge in [-0.1, -0.05) is 5.57 Å². The summed E-state index contributed by atoms with van der Waals surface area (Å²) in [5.41, 5.74) is 1.13. The average Bonchev–Trinajstić information content (AvgIpc) is 3.29. The van der Waals surface area contributed by atoms with Gasteiger partial charge in [0.1, 0.15) is 5.76 Å². The van der Waals surface area contributed by atoms with Crippen LogP contribution in [0.1, 0.15) is 44.8 Å². The number of furan rings is 1. The summed E-state index contributed by atoms with van der Waals surface area (Å²) in [7, 11) is 0. The molecule has 3 saturated heterocycles. The fraction of sp³-hybridized carbons (Fsp3) is 0.667. The van der Waals surface area contributed by atoms with Gasteiger partial charge < -0.3 is 14.1 Å². The lowest BCUT2D eigenvalue weighted by Gasteiger charge is -2.44. The average molecular weight is 358 g/mol. The molecule has 1 atom stereocenters. The van der Waals surface area contributed by atoms with Gasteiger partial charge in [0.15, 0.2) is 0 Å². The summed E-state index contributed by atoms with van der Waals surface area (Å²) in [6.45, 7) is 7.49. The molecule has 4 heterocycles. The summed E-state index contributed by atoms with van der Waals surface area (Å²) in [6.07, 6.45) is 8.98. The summed E-state index contributed by atoms with van der Waals surface area (Å²) in [5, 5.41) is 0. The van der Waals surface area contributed by atoms with Crippen molar-refractivity contribution in [3.63, 3.8) is 0 Å². The predicted molar refractivity (Wildman–Crippen MR) is 101 cm³/mol. The van der Waals surface area contributed by atoms with Crippen molar-refractivity contribution in [2.75, 3.05) is 39.4 Å². The first kappa shape index (κ1) is 17.8. The Morgan fingerprint density at radius 1 is 1.31 bits per heavy atom. The molecule has 0 saturated carbocycles. The molecule has 0 N–H and O–H groups in total. The third-order valence-corrected chi connectivity index (χ3v) is 6.24. The van der Waals surface area contributed by atoms with Crippen LogP contribution in [0.25, 0.3) is 6.08 Å². The zero-order valence-corrected chi connectivity index (χ0v) is 15.8. The highest BCUT2D eigenvalue weighted by molar-refractivity contribution is 5.84. The van der Waals surface area contributed by atoms with Crippen LogP contribution in [0.4, 0.5) is 0 Å². The van der Waals surface area contributed by atoms with Gasteiger partial charge in [0.05, 0.1) is 11.7 Å². The number of ether oxygens (including phenoxy) is 1. The molecule has 1 amide bonds. The number of piperidine rings is 1. The molecular weight excluding hydrogens is 328 g/mol. The molecule has 1 aromatic heterocycles. The van der Waals surface area contributed by atoms with Crippen LogP contribution in [0.15, 0.2) is 28.4 Å². The monoisotopic (exact) mass is 358 g/mol. The minimum absolute atomic E-state index is 0.151. The van der Waals surface area contributed by atoms with Crippen molar-refractivity contribution >= 4 is 12.0 Å². The Labute approximate surface area is 156 Å². The van der Waals surface area contributed by atoms with Crippen molar-refractivity contribution in [2.45, 2.75) is 45.1 Å². The molecule has 3 fully saturated rings. The van der Waals surface area contributed by atoms with Gasteiger partial charge in [-0.05, 0) is 63.8 Å². The largest absolute Gasteiger partial charge is 0.465 e. The summed E-state index contributed by atoms with van der Waals surface area (Å²) in [5.74, 6) is 1.31. The van der Waals surface area contributed by atoms with Crippen LogP contribution >= 0.6 is 0 Å². The molecule has 4 rings (SSSR count). The van der Waals surface area contributed by atoms with E-state index in [1.54, 1.807) is 6.26 Å². The van der Waals surface area contributed by atoms with Crippen molar-refractivity contribution in [3.05, 3.63) is 29.7 Å². The number of nitrogens with zero attached hydrogens (tertiary/aromatic N) is 2. The van der Waals surface area contributed by atoms with Crippen LogP contribution in [0.2, 0.25) is 0 Å². The first-order valence-electron chi connectivity index (χ1n) is 9.98. The molecule has 3 aliphatic rings. The van der Waals surface area contributed by atoms with Crippen molar-refractivity contribution in [2.24, 2.45) is 5.41 Å². The lowest BCUT2D eigenvalue weighted by Crippen LogP contribution is -2.54. The SMILES string of the molecule is C/C(=C\c1ccco1)CN1CC[C@]2(CCCN(C3CCOCC3)C2=O)C1. The molecule has 0 bridgehead atoms. The summed E-state index contributed by atoms with van der Waals surface area (Å²) < 4.78 is 10.9. The highest BCUT2D eigenvalue weighted by atomic mass is 16.5.